The molecule has 32 heavy (non-hydrogen) atoms. The van der Waals surface area contributed by atoms with Gasteiger partial charge in [0.25, 0.3) is 15.9 Å². The number of nitrogens with zero attached hydrogens (tertiary/aromatic N) is 1. The van der Waals surface area contributed by atoms with E-state index in [1.807, 2.05) is 32.0 Å². The Bertz CT molecular complexity index is 1030. The SMILES string of the molecule is CC(C)CNC(=O)c1ccc(N2CCNCC2)c(NS(=O)(=O)c2ccc(C(C)C)cc2)c1. The smallest absolute Gasteiger partial charge is 0.261 e. The molecule has 0 bridgehead atoms. The molecular formula is C24H34N4O3S. The van der Waals surface area contributed by atoms with Crippen LogP contribution >= 0.6 is 0 Å². The summed E-state index contributed by atoms with van der Waals surface area (Å²) in [6, 6.07) is 12.1. The van der Waals surface area contributed by atoms with Crippen LogP contribution < -0.4 is 20.3 Å². The highest BCUT2D eigenvalue weighted by atomic mass is 32.2. The summed E-state index contributed by atoms with van der Waals surface area (Å²) in [4.78, 5) is 14.9. The number of sulfonamides is 1. The van der Waals surface area contributed by atoms with Crippen molar-refractivity contribution in [3.05, 3.63) is 53.6 Å². The summed E-state index contributed by atoms with van der Waals surface area (Å²) < 4.78 is 29.1. The van der Waals surface area contributed by atoms with Gasteiger partial charge in [-0.3, -0.25) is 9.52 Å². The highest BCUT2D eigenvalue weighted by Gasteiger charge is 2.21. The predicted molar refractivity (Wildman–Crippen MR) is 130 cm³/mol. The molecule has 0 aromatic heterocycles. The quantitative estimate of drug-likeness (QED) is 0.564. The number of carbonyl (C=O) groups excluding carboxylic acids is 1. The van der Waals surface area contributed by atoms with Gasteiger partial charge in [0, 0.05) is 38.3 Å². The molecular weight excluding hydrogens is 424 g/mol. The Labute approximate surface area is 191 Å². The van der Waals surface area contributed by atoms with E-state index < -0.39 is 10.0 Å². The number of hydrogen-bond acceptors (Lipinski definition) is 5. The van der Waals surface area contributed by atoms with Gasteiger partial charge in [0.2, 0.25) is 0 Å². The lowest BCUT2D eigenvalue weighted by Gasteiger charge is -2.31. The molecule has 1 fully saturated rings. The molecule has 3 rings (SSSR count). The summed E-state index contributed by atoms with van der Waals surface area (Å²) in [5.74, 6) is 0.429. The van der Waals surface area contributed by atoms with Gasteiger partial charge in [0.15, 0.2) is 0 Å². The Balaban J connectivity index is 1.93. The van der Waals surface area contributed by atoms with Crippen LogP contribution in [0.25, 0.3) is 0 Å². The number of nitrogens with one attached hydrogen (secondary N) is 3. The van der Waals surface area contributed by atoms with Crippen LogP contribution in [0.4, 0.5) is 11.4 Å². The van der Waals surface area contributed by atoms with Crippen molar-refractivity contribution in [3.63, 3.8) is 0 Å². The molecule has 1 aliphatic rings. The van der Waals surface area contributed by atoms with E-state index in [-0.39, 0.29) is 10.8 Å². The first-order chi connectivity index (χ1) is 15.2. The van der Waals surface area contributed by atoms with Crippen molar-refractivity contribution < 1.29 is 13.2 Å². The molecule has 3 N–H and O–H groups in total. The minimum Gasteiger partial charge on any atom is -0.367 e. The summed E-state index contributed by atoms with van der Waals surface area (Å²) in [6.07, 6.45) is 0. The molecule has 0 atom stereocenters. The summed E-state index contributed by atoms with van der Waals surface area (Å²) in [5, 5.41) is 6.20. The van der Waals surface area contributed by atoms with Crippen LogP contribution in [-0.4, -0.2) is 47.0 Å². The topological polar surface area (TPSA) is 90.5 Å². The molecule has 1 aliphatic heterocycles. The van der Waals surface area contributed by atoms with Crippen LogP contribution in [0.3, 0.4) is 0 Å². The van der Waals surface area contributed by atoms with Crippen molar-refractivity contribution in [1.82, 2.24) is 10.6 Å². The van der Waals surface area contributed by atoms with Gasteiger partial charge in [-0.25, -0.2) is 8.42 Å². The number of rotatable bonds is 8. The molecule has 0 spiro atoms. The Kier molecular flexibility index (Phi) is 7.79. The first-order valence-electron chi connectivity index (χ1n) is 11.2. The maximum absolute atomic E-state index is 13.2. The molecule has 0 aliphatic carbocycles. The zero-order valence-corrected chi connectivity index (χ0v) is 20.1. The predicted octanol–water partition coefficient (Wildman–Crippen LogP) is 3.41. The Morgan fingerprint density at radius 3 is 2.28 bits per heavy atom. The molecule has 0 unspecified atom stereocenters. The molecule has 2 aromatic rings. The average molecular weight is 459 g/mol. The Morgan fingerprint density at radius 2 is 1.69 bits per heavy atom. The molecule has 1 amide bonds. The number of anilines is 2. The second kappa shape index (κ2) is 10.4. The third kappa shape index (κ3) is 6.01. The van der Waals surface area contributed by atoms with Crippen LogP contribution in [0.15, 0.2) is 47.4 Å². The van der Waals surface area contributed by atoms with Gasteiger partial charge in [-0.2, -0.15) is 0 Å². The number of amides is 1. The Morgan fingerprint density at radius 1 is 1.03 bits per heavy atom. The normalized spacial score (nSPS) is 14.6. The number of carbonyl (C=O) groups is 1. The number of benzene rings is 2. The summed E-state index contributed by atoms with van der Waals surface area (Å²) in [6.45, 7) is 11.9. The third-order valence-corrected chi connectivity index (χ3v) is 6.87. The van der Waals surface area contributed by atoms with Gasteiger partial charge in [-0.1, -0.05) is 39.8 Å². The monoisotopic (exact) mass is 458 g/mol. The van der Waals surface area contributed by atoms with Gasteiger partial charge in [-0.15, -0.1) is 0 Å². The summed E-state index contributed by atoms with van der Waals surface area (Å²) in [7, 11) is -3.81. The molecule has 1 heterocycles. The Hall–Kier alpha value is -2.58. The van der Waals surface area contributed by atoms with Gasteiger partial charge in [-0.05, 0) is 47.7 Å². The van der Waals surface area contributed by atoms with Gasteiger partial charge >= 0.3 is 0 Å². The van der Waals surface area contributed by atoms with Gasteiger partial charge < -0.3 is 15.5 Å². The largest absolute Gasteiger partial charge is 0.367 e. The summed E-state index contributed by atoms with van der Waals surface area (Å²) in [5.41, 5.74) is 2.69. The van der Waals surface area contributed by atoms with Crippen LogP contribution in [0.1, 0.15) is 49.5 Å². The maximum Gasteiger partial charge on any atom is 0.261 e. The van der Waals surface area contributed by atoms with Crippen molar-refractivity contribution in [1.29, 1.82) is 0 Å². The van der Waals surface area contributed by atoms with Crippen LogP contribution in [0, 0.1) is 5.92 Å². The van der Waals surface area contributed by atoms with E-state index in [4.69, 9.17) is 0 Å². The van der Waals surface area contributed by atoms with Gasteiger partial charge in [0.1, 0.15) is 0 Å². The first-order valence-corrected chi connectivity index (χ1v) is 12.7. The van der Waals surface area contributed by atoms with Crippen molar-refractivity contribution >= 4 is 27.3 Å². The minimum absolute atomic E-state index is 0.197. The third-order valence-electron chi connectivity index (χ3n) is 5.49. The van der Waals surface area contributed by atoms with E-state index in [0.29, 0.717) is 29.6 Å². The first kappa shape index (κ1) is 24.1. The highest BCUT2D eigenvalue weighted by Crippen LogP contribution is 2.30. The molecule has 7 nitrogen and oxygen atoms in total. The van der Waals surface area contributed by atoms with E-state index in [0.717, 1.165) is 37.4 Å². The van der Waals surface area contributed by atoms with Gasteiger partial charge in [0.05, 0.1) is 16.3 Å². The number of piperazine rings is 1. The van der Waals surface area contributed by atoms with Crippen molar-refractivity contribution in [3.8, 4) is 0 Å². The van der Waals surface area contributed by atoms with E-state index in [1.54, 1.807) is 24.3 Å². The highest BCUT2D eigenvalue weighted by molar-refractivity contribution is 7.92. The summed E-state index contributed by atoms with van der Waals surface area (Å²) >= 11 is 0. The van der Waals surface area contributed by atoms with Crippen molar-refractivity contribution in [2.75, 3.05) is 42.3 Å². The molecule has 174 valence electrons. The minimum atomic E-state index is -3.81. The van der Waals surface area contributed by atoms with Crippen LogP contribution in [0.2, 0.25) is 0 Å². The molecule has 1 saturated heterocycles. The second-order valence-electron chi connectivity index (χ2n) is 8.90. The molecule has 0 radical (unpaired) electrons. The van der Waals surface area contributed by atoms with Crippen LogP contribution in [-0.2, 0) is 10.0 Å². The van der Waals surface area contributed by atoms with Crippen molar-refractivity contribution in [2.45, 2.75) is 38.5 Å². The van der Waals surface area contributed by atoms with E-state index in [1.165, 1.54) is 0 Å². The fraction of sp³-hybridized carbons (Fsp3) is 0.458. The zero-order chi connectivity index (χ0) is 23.3. The van der Waals surface area contributed by atoms with Crippen LogP contribution in [0.5, 0.6) is 0 Å². The van der Waals surface area contributed by atoms with E-state index in [9.17, 15) is 13.2 Å². The molecule has 2 aromatic carbocycles. The fourth-order valence-electron chi connectivity index (χ4n) is 3.57. The maximum atomic E-state index is 13.2. The molecule has 0 saturated carbocycles. The average Bonchev–Trinajstić information content (AvgIpc) is 2.77. The van der Waals surface area contributed by atoms with E-state index in [2.05, 4.69) is 34.1 Å². The lowest BCUT2D eigenvalue weighted by atomic mass is 10.0. The lowest BCUT2D eigenvalue weighted by Crippen LogP contribution is -2.43. The molecule has 8 heteroatoms. The second-order valence-corrected chi connectivity index (χ2v) is 10.6. The van der Waals surface area contributed by atoms with Crippen molar-refractivity contribution in [2.24, 2.45) is 5.92 Å². The fourth-order valence-corrected chi connectivity index (χ4v) is 4.64. The zero-order valence-electron chi connectivity index (χ0n) is 19.3. The standard InChI is InChI=1S/C24H34N4O3S/c1-17(2)16-26-24(29)20-7-10-23(28-13-11-25-12-14-28)22(15-20)27-32(30,31)21-8-5-19(6-9-21)18(3)4/h5-10,15,17-18,25,27H,11-14,16H2,1-4H3,(H,26,29). The van der Waals surface area contributed by atoms with E-state index >= 15 is 0 Å². The number of hydrogen-bond donors (Lipinski definition) is 3. The lowest BCUT2D eigenvalue weighted by molar-refractivity contribution is 0.0949.